The fourth-order valence-electron chi connectivity index (χ4n) is 4.88. The van der Waals surface area contributed by atoms with Crippen LogP contribution in [0.5, 0.6) is 17.2 Å². The minimum absolute atomic E-state index is 0.0248. The monoisotopic (exact) mass is 538 g/mol. The molecule has 41 heavy (non-hydrogen) atoms. The summed E-state index contributed by atoms with van der Waals surface area (Å²) >= 11 is 0. The second-order valence-corrected chi connectivity index (χ2v) is 9.72. The standard InChI is InChI=1S/C37H30O4/c1-2-6-30(27-13-18-32(38)19-14-27)24-36(41)37(29-11-9-26(10-12-29)25-7-4-3-5-8-25)34-23-31(17-22-35(34)40)28-15-20-33(39)21-16-28/h2-24,37-41H,1H2/b30-6+,36-24-. The Balaban J connectivity index is 1.64. The first-order valence-electron chi connectivity index (χ1n) is 13.2. The van der Waals surface area contributed by atoms with Crippen LogP contribution in [0, 0.1) is 0 Å². The van der Waals surface area contributed by atoms with Crippen molar-refractivity contribution in [3.8, 4) is 39.5 Å². The zero-order valence-corrected chi connectivity index (χ0v) is 22.4. The van der Waals surface area contributed by atoms with Crippen molar-refractivity contribution in [1.82, 2.24) is 0 Å². The van der Waals surface area contributed by atoms with E-state index < -0.39 is 5.92 Å². The van der Waals surface area contributed by atoms with Crippen molar-refractivity contribution in [2.24, 2.45) is 0 Å². The molecule has 0 heterocycles. The zero-order chi connectivity index (χ0) is 28.8. The second kappa shape index (κ2) is 12.1. The number of benzene rings is 5. The van der Waals surface area contributed by atoms with Crippen molar-refractivity contribution in [2.75, 3.05) is 0 Å². The average Bonchev–Trinajstić information content (AvgIpc) is 3.00. The largest absolute Gasteiger partial charge is 0.511 e. The summed E-state index contributed by atoms with van der Waals surface area (Å²) in [6.45, 7) is 3.82. The van der Waals surface area contributed by atoms with Gasteiger partial charge < -0.3 is 20.4 Å². The second-order valence-electron chi connectivity index (χ2n) is 9.72. The Morgan fingerprint density at radius 1 is 0.610 bits per heavy atom. The molecule has 0 saturated heterocycles. The zero-order valence-electron chi connectivity index (χ0n) is 22.4. The minimum Gasteiger partial charge on any atom is -0.511 e. The number of aromatic hydroxyl groups is 3. The molecule has 0 fully saturated rings. The lowest BCUT2D eigenvalue weighted by Gasteiger charge is -2.21. The van der Waals surface area contributed by atoms with Crippen LogP contribution in [-0.4, -0.2) is 20.4 Å². The number of hydrogen-bond acceptors (Lipinski definition) is 4. The van der Waals surface area contributed by atoms with Gasteiger partial charge in [0, 0.05) is 5.56 Å². The van der Waals surface area contributed by atoms with Crippen LogP contribution in [0.3, 0.4) is 0 Å². The highest BCUT2D eigenvalue weighted by Gasteiger charge is 2.23. The van der Waals surface area contributed by atoms with Gasteiger partial charge in [-0.3, -0.25) is 0 Å². The van der Waals surface area contributed by atoms with Gasteiger partial charge in [-0.1, -0.05) is 104 Å². The number of aliphatic hydroxyl groups excluding tert-OH is 1. The van der Waals surface area contributed by atoms with Crippen molar-refractivity contribution in [1.29, 1.82) is 0 Å². The van der Waals surface area contributed by atoms with E-state index in [2.05, 4.69) is 6.58 Å². The van der Waals surface area contributed by atoms with E-state index in [4.69, 9.17) is 0 Å². The third kappa shape index (κ3) is 6.23. The molecule has 5 rings (SSSR count). The van der Waals surface area contributed by atoms with Crippen molar-refractivity contribution in [2.45, 2.75) is 5.92 Å². The van der Waals surface area contributed by atoms with Crippen LogP contribution in [0.1, 0.15) is 22.6 Å². The number of hydrogen-bond donors (Lipinski definition) is 4. The highest BCUT2D eigenvalue weighted by atomic mass is 16.3. The lowest BCUT2D eigenvalue weighted by molar-refractivity contribution is 0.377. The topological polar surface area (TPSA) is 80.9 Å². The van der Waals surface area contributed by atoms with Crippen molar-refractivity contribution in [3.63, 3.8) is 0 Å². The molecule has 0 saturated carbocycles. The predicted octanol–water partition coefficient (Wildman–Crippen LogP) is 8.98. The van der Waals surface area contributed by atoms with Gasteiger partial charge in [0.1, 0.15) is 23.0 Å². The number of rotatable bonds is 8. The van der Waals surface area contributed by atoms with Gasteiger partial charge in [0.15, 0.2) is 0 Å². The molecule has 202 valence electrons. The van der Waals surface area contributed by atoms with E-state index in [0.29, 0.717) is 11.1 Å². The summed E-state index contributed by atoms with van der Waals surface area (Å²) in [5.74, 6) is -0.310. The highest BCUT2D eigenvalue weighted by molar-refractivity contribution is 5.77. The number of phenolic OH excluding ortho intramolecular Hbond substituents is 3. The molecule has 0 amide bonds. The van der Waals surface area contributed by atoms with Crippen LogP contribution in [-0.2, 0) is 0 Å². The molecule has 0 radical (unpaired) electrons. The van der Waals surface area contributed by atoms with Crippen LogP contribution >= 0.6 is 0 Å². The summed E-state index contributed by atoms with van der Waals surface area (Å²) in [4.78, 5) is 0. The first-order chi connectivity index (χ1) is 19.9. The third-order valence-corrected chi connectivity index (χ3v) is 6.99. The van der Waals surface area contributed by atoms with E-state index in [0.717, 1.165) is 33.4 Å². The Morgan fingerprint density at radius 2 is 1.15 bits per heavy atom. The van der Waals surface area contributed by atoms with E-state index in [1.54, 1.807) is 78.9 Å². The van der Waals surface area contributed by atoms with Crippen molar-refractivity contribution in [3.05, 3.63) is 169 Å². The summed E-state index contributed by atoms with van der Waals surface area (Å²) in [5.41, 5.74) is 6.61. The van der Waals surface area contributed by atoms with Crippen LogP contribution in [0.2, 0.25) is 0 Å². The maximum atomic E-state index is 11.7. The maximum Gasteiger partial charge on any atom is 0.119 e. The molecule has 0 bridgehead atoms. The molecular weight excluding hydrogens is 508 g/mol. The molecule has 0 aliphatic rings. The Kier molecular flexibility index (Phi) is 8.03. The summed E-state index contributed by atoms with van der Waals surface area (Å²) in [6.07, 6.45) is 5.08. The molecule has 0 aromatic heterocycles. The summed E-state index contributed by atoms with van der Waals surface area (Å²) in [7, 11) is 0. The highest BCUT2D eigenvalue weighted by Crippen LogP contribution is 2.40. The lowest BCUT2D eigenvalue weighted by atomic mass is 9.85. The smallest absolute Gasteiger partial charge is 0.119 e. The maximum absolute atomic E-state index is 11.7. The molecule has 4 N–H and O–H groups in total. The van der Waals surface area contributed by atoms with E-state index in [1.165, 1.54) is 0 Å². The molecule has 1 unspecified atom stereocenters. The molecule has 1 atom stereocenters. The Labute approximate surface area is 239 Å². The Bertz CT molecular complexity index is 1700. The average molecular weight is 539 g/mol. The normalized spacial score (nSPS) is 12.6. The predicted molar refractivity (Wildman–Crippen MR) is 166 cm³/mol. The number of allylic oxidation sites excluding steroid dienone is 5. The van der Waals surface area contributed by atoms with E-state index in [-0.39, 0.29) is 23.0 Å². The summed E-state index contributed by atoms with van der Waals surface area (Å²) in [6, 6.07) is 36.8. The van der Waals surface area contributed by atoms with E-state index in [9.17, 15) is 20.4 Å². The SMILES string of the molecule is C=C/C=C(\C=C(/O)C(c1ccc(-c2ccccc2)cc1)c1cc(-c2ccc(O)cc2)ccc1O)c1ccc(O)cc1. The van der Waals surface area contributed by atoms with Gasteiger partial charge >= 0.3 is 0 Å². The van der Waals surface area contributed by atoms with Gasteiger partial charge in [-0.25, -0.2) is 0 Å². The van der Waals surface area contributed by atoms with Crippen LogP contribution in [0.4, 0.5) is 0 Å². The fraction of sp³-hybridized carbons (Fsp3) is 0.0270. The van der Waals surface area contributed by atoms with Gasteiger partial charge in [0.05, 0.1) is 5.92 Å². The number of phenols is 3. The molecule has 4 nitrogen and oxygen atoms in total. The molecular formula is C37H30O4. The number of aliphatic hydroxyl groups is 1. The molecule has 0 aliphatic carbocycles. The van der Waals surface area contributed by atoms with Crippen molar-refractivity contribution < 1.29 is 20.4 Å². The molecule has 5 aromatic rings. The minimum atomic E-state index is -0.692. The lowest BCUT2D eigenvalue weighted by Crippen LogP contribution is -2.06. The van der Waals surface area contributed by atoms with E-state index in [1.807, 2.05) is 60.7 Å². The Hall–Kier alpha value is -5.48. The van der Waals surface area contributed by atoms with Gasteiger partial charge in [-0.2, -0.15) is 0 Å². The third-order valence-electron chi connectivity index (χ3n) is 6.99. The summed E-state index contributed by atoms with van der Waals surface area (Å²) < 4.78 is 0. The summed E-state index contributed by atoms with van der Waals surface area (Å²) in [5, 5.41) is 42.3. The van der Waals surface area contributed by atoms with Gasteiger partial charge in [0.25, 0.3) is 0 Å². The quantitative estimate of drug-likeness (QED) is 0.117. The van der Waals surface area contributed by atoms with Gasteiger partial charge in [-0.15, -0.1) is 0 Å². The first kappa shape index (κ1) is 27.1. The van der Waals surface area contributed by atoms with Crippen molar-refractivity contribution >= 4 is 5.57 Å². The first-order valence-corrected chi connectivity index (χ1v) is 13.2. The van der Waals surface area contributed by atoms with Crippen LogP contribution in [0.15, 0.2) is 152 Å². The molecule has 0 spiro atoms. The molecule has 5 aromatic carbocycles. The van der Waals surface area contributed by atoms with Crippen LogP contribution in [0.25, 0.3) is 27.8 Å². The van der Waals surface area contributed by atoms with Gasteiger partial charge in [0.2, 0.25) is 0 Å². The molecule has 4 heteroatoms. The van der Waals surface area contributed by atoms with Gasteiger partial charge in [-0.05, 0) is 81.4 Å². The molecule has 0 aliphatic heterocycles. The van der Waals surface area contributed by atoms with E-state index >= 15 is 0 Å². The fourth-order valence-corrected chi connectivity index (χ4v) is 4.88. The Morgan fingerprint density at radius 3 is 1.78 bits per heavy atom. The van der Waals surface area contributed by atoms with Crippen LogP contribution < -0.4 is 0 Å².